The van der Waals surface area contributed by atoms with Crippen LogP contribution in [0.15, 0.2) is 24.3 Å². The fourth-order valence-electron chi connectivity index (χ4n) is 2.09. The van der Waals surface area contributed by atoms with Crippen LogP contribution >= 0.6 is 0 Å². The molecule has 1 N–H and O–H groups in total. The first-order valence-corrected chi connectivity index (χ1v) is 5.73. The number of hydrogen-bond acceptors (Lipinski definition) is 3. The van der Waals surface area contributed by atoms with Gasteiger partial charge in [0, 0.05) is 38.3 Å². The van der Waals surface area contributed by atoms with Crippen LogP contribution in [0.1, 0.15) is 12.0 Å². The number of aliphatic hydroxyl groups excluding tert-OH is 1. The number of hydrogen-bond donors (Lipinski definition) is 1. The van der Waals surface area contributed by atoms with Gasteiger partial charge in [-0.05, 0) is 17.7 Å². The maximum atomic E-state index is 11.7. The van der Waals surface area contributed by atoms with Crippen molar-refractivity contribution < 1.29 is 14.6 Å². The fraction of sp³-hybridized carbons (Fsp3) is 0.462. The zero-order valence-corrected chi connectivity index (χ0v) is 9.93. The molecule has 2 rings (SSSR count). The lowest BCUT2D eigenvalue weighted by molar-refractivity contribution is -0.117. The molecule has 1 aliphatic heterocycles. The van der Waals surface area contributed by atoms with Crippen LogP contribution in [0.5, 0.6) is 0 Å². The molecule has 1 aromatic carbocycles. The van der Waals surface area contributed by atoms with Gasteiger partial charge in [0.15, 0.2) is 0 Å². The molecule has 1 unspecified atom stereocenters. The highest BCUT2D eigenvalue weighted by molar-refractivity contribution is 5.95. The van der Waals surface area contributed by atoms with Gasteiger partial charge in [-0.2, -0.15) is 0 Å². The zero-order valence-electron chi connectivity index (χ0n) is 9.93. The van der Waals surface area contributed by atoms with Crippen molar-refractivity contribution >= 4 is 11.6 Å². The molecule has 92 valence electrons. The number of benzene rings is 1. The zero-order chi connectivity index (χ0) is 12.3. The maximum Gasteiger partial charge on any atom is 0.227 e. The molecule has 0 bridgehead atoms. The van der Waals surface area contributed by atoms with Crippen molar-refractivity contribution in [1.29, 1.82) is 0 Å². The Hall–Kier alpha value is -1.39. The van der Waals surface area contributed by atoms with E-state index in [4.69, 9.17) is 9.84 Å². The van der Waals surface area contributed by atoms with Crippen LogP contribution in [-0.2, 0) is 16.1 Å². The van der Waals surface area contributed by atoms with Crippen molar-refractivity contribution in [3.8, 4) is 0 Å². The number of ether oxygens (including phenoxy) is 1. The van der Waals surface area contributed by atoms with Crippen molar-refractivity contribution in [2.24, 2.45) is 5.92 Å². The van der Waals surface area contributed by atoms with E-state index in [1.54, 1.807) is 12.0 Å². The van der Waals surface area contributed by atoms with Crippen LogP contribution in [-0.4, -0.2) is 31.3 Å². The standard InChI is InChI=1S/C13H17NO3/c1-17-9-10-2-4-12(5-3-10)14-7-11(8-15)6-13(14)16/h2-5,11,15H,6-9H2,1H3. The van der Waals surface area contributed by atoms with E-state index in [0.717, 1.165) is 11.3 Å². The van der Waals surface area contributed by atoms with Crippen LogP contribution in [0.3, 0.4) is 0 Å². The van der Waals surface area contributed by atoms with Gasteiger partial charge in [-0.15, -0.1) is 0 Å². The quantitative estimate of drug-likeness (QED) is 0.852. The van der Waals surface area contributed by atoms with Gasteiger partial charge in [0.25, 0.3) is 0 Å². The maximum absolute atomic E-state index is 11.7. The van der Waals surface area contributed by atoms with Gasteiger partial charge in [-0.3, -0.25) is 4.79 Å². The summed E-state index contributed by atoms with van der Waals surface area (Å²) in [7, 11) is 1.66. The fourth-order valence-corrected chi connectivity index (χ4v) is 2.09. The van der Waals surface area contributed by atoms with Crippen molar-refractivity contribution in [3.05, 3.63) is 29.8 Å². The van der Waals surface area contributed by atoms with Gasteiger partial charge >= 0.3 is 0 Å². The molecule has 1 saturated heterocycles. The van der Waals surface area contributed by atoms with Crippen LogP contribution in [0, 0.1) is 5.92 Å². The second-order valence-electron chi connectivity index (χ2n) is 4.36. The summed E-state index contributed by atoms with van der Waals surface area (Å²) in [6, 6.07) is 7.76. The molecule has 1 aliphatic rings. The first-order valence-electron chi connectivity index (χ1n) is 5.73. The van der Waals surface area contributed by atoms with E-state index in [2.05, 4.69) is 0 Å². The number of rotatable bonds is 4. The summed E-state index contributed by atoms with van der Waals surface area (Å²) in [5, 5.41) is 9.07. The minimum Gasteiger partial charge on any atom is -0.396 e. The Morgan fingerprint density at radius 2 is 2.12 bits per heavy atom. The van der Waals surface area contributed by atoms with Crippen molar-refractivity contribution in [2.75, 3.05) is 25.2 Å². The molecular weight excluding hydrogens is 218 g/mol. The Bertz CT molecular complexity index is 388. The van der Waals surface area contributed by atoms with Crippen LogP contribution in [0.2, 0.25) is 0 Å². The smallest absolute Gasteiger partial charge is 0.227 e. The van der Waals surface area contributed by atoms with Crippen LogP contribution in [0.25, 0.3) is 0 Å². The number of carbonyl (C=O) groups excluding carboxylic acids is 1. The van der Waals surface area contributed by atoms with E-state index in [9.17, 15) is 4.79 Å². The third-order valence-electron chi connectivity index (χ3n) is 3.02. The van der Waals surface area contributed by atoms with Crippen LogP contribution < -0.4 is 4.90 Å². The Labute approximate surface area is 101 Å². The molecule has 0 spiro atoms. The lowest BCUT2D eigenvalue weighted by atomic mass is 10.1. The highest BCUT2D eigenvalue weighted by Gasteiger charge is 2.29. The molecule has 0 aromatic heterocycles. The minimum atomic E-state index is 0.0705. The minimum absolute atomic E-state index is 0.0705. The first kappa shape index (κ1) is 12.1. The van der Waals surface area contributed by atoms with E-state index >= 15 is 0 Å². The number of amides is 1. The molecule has 17 heavy (non-hydrogen) atoms. The van der Waals surface area contributed by atoms with Gasteiger partial charge in [-0.25, -0.2) is 0 Å². The highest BCUT2D eigenvalue weighted by Crippen LogP contribution is 2.25. The summed E-state index contributed by atoms with van der Waals surface area (Å²) in [6.45, 7) is 1.26. The van der Waals surface area contributed by atoms with E-state index in [1.165, 1.54) is 0 Å². The molecule has 1 atom stereocenters. The first-order chi connectivity index (χ1) is 8.24. The molecule has 4 nitrogen and oxygen atoms in total. The SMILES string of the molecule is COCc1ccc(N2CC(CO)CC2=O)cc1. The van der Waals surface area contributed by atoms with Gasteiger partial charge in [-0.1, -0.05) is 12.1 Å². The number of nitrogens with zero attached hydrogens (tertiary/aromatic N) is 1. The Balaban J connectivity index is 2.09. The molecule has 1 heterocycles. The molecule has 1 amide bonds. The average Bonchev–Trinajstić information content (AvgIpc) is 2.72. The number of aliphatic hydroxyl groups is 1. The second-order valence-corrected chi connectivity index (χ2v) is 4.36. The molecule has 1 aromatic rings. The molecular formula is C13H17NO3. The summed E-state index contributed by atoms with van der Waals surface area (Å²) in [6.07, 6.45) is 0.441. The summed E-state index contributed by atoms with van der Waals surface area (Å²) in [4.78, 5) is 13.5. The number of methoxy groups -OCH3 is 1. The summed E-state index contributed by atoms with van der Waals surface area (Å²) in [5.41, 5.74) is 1.98. The second kappa shape index (κ2) is 5.29. The Morgan fingerprint density at radius 3 is 2.65 bits per heavy atom. The van der Waals surface area contributed by atoms with Gasteiger partial charge in [0.05, 0.1) is 6.61 Å². The highest BCUT2D eigenvalue weighted by atomic mass is 16.5. The topological polar surface area (TPSA) is 49.8 Å². The normalized spacial score (nSPS) is 20.0. The predicted molar refractivity (Wildman–Crippen MR) is 64.7 cm³/mol. The third-order valence-corrected chi connectivity index (χ3v) is 3.02. The molecule has 0 saturated carbocycles. The Morgan fingerprint density at radius 1 is 1.41 bits per heavy atom. The van der Waals surface area contributed by atoms with Crippen molar-refractivity contribution in [2.45, 2.75) is 13.0 Å². The monoisotopic (exact) mass is 235 g/mol. The van der Waals surface area contributed by atoms with E-state index in [0.29, 0.717) is 19.6 Å². The van der Waals surface area contributed by atoms with Crippen LogP contribution in [0.4, 0.5) is 5.69 Å². The Kier molecular flexibility index (Phi) is 3.76. The van der Waals surface area contributed by atoms with Gasteiger partial charge < -0.3 is 14.7 Å². The van der Waals surface area contributed by atoms with Crippen molar-refractivity contribution in [3.63, 3.8) is 0 Å². The summed E-state index contributed by atoms with van der Waals surface area (Å²) in [5.74, 6) is 0.157. The summed E-state index contributed by atoms with van der Waals surface area (Å²) < 4.78 is 5.04. The average molecular weight is 235 g/mol. The van der Waals surface area contributed by atoms with Gasteiger partial charge in [0.1, 0.15) is 0 Å². The lowest BCUT2D eigenvalue weighted by Crippen LogP contribution is -2.24. The molecule has 4 heteroatoms. The van der Waals surface area contributed by atoms with E-state index in [1.807, 2.05) is 24.3 Å². The number of carbonyl (C=O) groups is 1. The predicted octanol–water partition coefficient (Wildman–Crippen LogP) is 1.18. The van der Waals surface area contributed by atoms with E-state index < -0.39 is 0 Å². The largest absolute Gasteiger partial charge is 0.396 e. The lowest BCUT2D eigenvalue weighted by Gasteiger charge is -2.16. The molecule has 0 radical (unpaired) electrons. The third kappa shape index (κ3) is 2.65. The molecule has 0 aliphatic carbocycles. The van der Waals surface area contributed by atoms with Gasteiger partial charge in [0.2, 0.25) is 5.91 Å². The molecule has 1 fully saturated rings. The van der Waals surface area contributed by atoms with Crippen molar-refractivity contribution in [1.82, 2.24) is 0 Å². The van der Waals surface area contributed by atoms with E-state index in [-0.39, 0.29) is 18.4 Å². The summed E-state index contributed by atoms with van der Waals surface area (Å²) >= 11 is 0. The number of anilines is 1.